The van der Waals surface area contributed by atoms with Gasteiger partial charge < -0.3 is 10.1 Å². The van der Waals surface area contributed by atoms with Crippen LogP contribution in [-0.4, -0.2) is 31.5 Å². The van der Waals surface area contributed by atoms with Crippen LogP contribution < -0.4 is 10.1 Å². The SMILES string of the molecule is COc1ccccc1C(C)N(C)CC(=O)Nc1cccc(C)c1. The third-order valence-corrected chi connectivity index (χ3v) is 3.95. The summed E-state index contributed by atoms with van der Waals surface area (Å²) in [5.41, 5.74) is 3.02. The number of amides is 1. The van der Waals surface area contributed by atoms with E-state index in [0.29, 0.717) is 6.54 Å². The zero-order valence-corrected chi connectivity index (χ0v) is 14.2. The highest BCUT2D eigenvalue weighted by atomic mass is 16.5. The number of ether oxygens (including phenoxy) is 1. The van der Waals surface area contributed by atoms with Crippen LogP contribution in [0, 0.1) is 6.92 Å². The van der Waals surface area contributed by atoms with Crippen LogP contribution >= 0.6 is 0 Å². The van der Waals surface area contributed by atoms with E-state index in [1.54, 1.807) is 7.11 Å². The van der Waals surface area contributed by atoms with Crippen molar-refractivity contribution in [2.45, 2.75) is 19.9 Å². The molecule has 1 atom stereocenters. The number of aryl methyl sites for hydroxylation is 1. The van der Waals surface area contributed by atoms with Gasteiger partial charge in [0.25, 0.3) is 0 Å². The van der Waals surface area contributed by atoms with E-state index in [1.807, 2.05) is 67.4 Å². The van der Waals surface area contributed by atoms with Gasteiger partial charge in [0.15, 0.2) is 0 Å². The van der Waals surface area contributed by atoms with Crippen molar-refractivity contribution in [1.29, 1.82) is 0 Å². The standard InChI is InChI=1S/C19H24N2O2/c1-14-8-7-9-16(12-14)20-19(22)13-21(3)15(2)17-10-5-6-11-18(17)23-4/h5-12,15H,13H2,1-4H3,(H,20,22). The molecule has 0 fully saturated rings. The van der Waals surface area contributed by atoms with Crippen molar-refractivity contribution in [1.82, 2.24) is 4.90 Å². The quantitative estimate of drug-likeness (QED) is 0.885. The summed E-state index contributed by atoms with van der Waals surface area (Å²) >= 11 is 0. The summed E-state index contributed by atoms with van der Waals surface area (Å²) in [5.74, 6) is 0.811. The molecule has 0 aliphatic heterocycles. The van der Waals surface area contributed by atoms with Gasteiger partial charge in [0.1, 0.15) is 5.75 Å². The van der Waals surface area contributed by atoms with Gasteiger partial charge in [-0.05, 0) is 44.7 Å². The number of hydrogen-bond acceptors (Lipinski definition) is 3. The van der Waals surface area contributed by atoms with Gasteiger partial charge in [-0.1, -0.05) is 30.3 Å². The van der Waals surface area contributed by atoms with Crippen molar-refractivity contribution < 1.29 is 9.53 Å². The first kappa shape index (κ1) is 17.0. The average Bonchev–Trinajstić information content (AvgIpc) is 2.53. The predicted molar refractivity (Wildman–Crippen MR) is 93.8 cm³/mol. The third-order valence-electron chi connectivity index (χ3n) is 3.95. The number of methoxy groups -OCH3 is 1. The average molecular weight is 312 g/mol. The Kier molecular flexibility index (Phi) is 5.77. The largest absolute Gasteiger partial charge is 0.496 e. The lowest BCUT2D eigenvalue weighted by Crippen LogP contribution is -2.32. The minimum Gasteiger partial charge on any atom is -0.496 e. The van der Waals surface area contributed by atoms with Crippen LogP contribution in [0.5, 0.6) is 5.75 Å². The van der Waals surface area contributed by atoms with Crippen molar-refractivity contribution in [2.24, 2.45) is 0 Å². The molecule has 0 heterocycles. The van der Waals surface area contributed by atoms with E-state index in [-0.39, 0.29) is 11.9 Å². The molecule has 1 amide bonds. The summed E-state index contributed by atoms with van der Waals surface area (Å²) in [5, 5.41) is 2.94. The highest BCUT2D eigenvalue weighted by Crippen LogP contribution is 2.27. The topological polar surface area (TPSA) is 41.6 Å². The number of benzene rings is 2. The summed E-state index contributed by atoms with van der Waals surface area (Å²) in [7, 11) is 3.60. The number of carbonyl (C=O) groups excluding carboxylic acids is 1. The molecule has 0 bridgehead atoms. The van der Waals surface area contributed by atoms with Crippen molar-refractivity contribution in [3.63, 3.8) is 0 Å². The fourth-order valence-electron chi connectivity index (χ4n) is 2.54. The highest BCUT2D eigenvalue weighted by molar-refractivity contribution is 5.92. The van der Waals surface area contributed by atoms with Crippen LogP contribution in [0.25, 0.3) is 0 Å². The Morgan fingerprint density at radius 2 is 1.96 bits per heavy atom. The van der Waals surface area contributed by atoms with E-state index in [9.17, 15) is 4.79 Å². The number of carbonyl (C=O) groups is 1. The number of rotatable bonds is 6. The van der Waals surface area contributed by atoms with E-state index in [0.717, 1.165) is 22.6 Å². The fourth-order valence-corrected chi connectivity index (χ4v) is 2.54. The Bertz CT molecular complexity index is 670. The van der Waals surface area contributed by atoms with Gasteiger partial charge in [-0.25, -0.2) is 0 Å². The minimum atomic E-state index is -0.0279. The molecule has 0 saturated carbocycles. The molecule has 23 heavy (non-hydrogen) atoms. The van der Waals surface area contributed by atoms with Crippen molar-refractivity contribution in [2.75, 3.05) is 26.0 Å². The van der Waals surface area contributed by atoms with Gasteiger partial charge in [-0.3, -0.25) is 9.69 Å². The van der Waals surface area contributed by atoms with Crippen molar-refractivity contribution in [3.05, 3.63) is 59.7 Å². The van der Waals surface area contributed by atoms with E-state index in [1.165, 1.54) is 0 Å². The molecule has 0 aliphatic carbocycles. The maximum absolute atomic E-state index is 12.2. The number of hydrogen-bond donors (Lipinski definition) is 1. The molecule has 0 radical (unpaired) electrons. The van der Waals surface area contributed by atoms with Crippen LogP contribution in [-0.2, 0) is 4.79 Å². The molecule has 122 valence electrons. The third kappa shape index (κ3) is 4.57. The van der Waals surface area contributed by atoms with E-state index in [4.69, 9.17) is 4.74 Å². The second-order valence-corrected chi connectivity index (χ2v) is 5.75. The number of nitrogens with one attached hydrogen (secondary N) is 1. The second-order valence-electron chi connectivity index (χ2n) is 5.75. The number of anilines is 1. The molecule has 2 rings (SSSR count). The highest BCUT2D eigenvalue weighted by Gasteiger charge is 2.18. The van der Waals surface area contributed by atoms with E-state index < -0.39 is 0 Å². The zero-order valence-electron chi connectivity index (χ0n) is 14.2. The van der Waals surface area contributed by atoms with Crippen LogP contribution in [0.2, 0.25) is 0 Å². The smallest absolute Gasteiger partial charge is 0.238 e. The minimum absolute atomic E-state index is 0.0279. The molecule has 1 unspecified atom stereocenters. The number of nitrogens with zero attached hydrogens (tertiary/aromatic N) is 1. The van der Waals surface area contributed by atoms with Crippen LogP contribution in [0.15, 0.2) is 48.5 Å². The molecular formula is C19H24N2O2. The first-order chi connectivity index (χ1) is 11.0. The Morgan fingerprint density at radius 3 is 2.65 bits per heavy atom. The lowest BCUT2D eigenvalue weighted by molar-refractivity contribution is -0.117. The summed E-state index contributed by atoms with van der Waals surface area (Å²) in [6.45, 7) is 4.39. The Hall–Kier alpha value is -2.33. The normalized spacial score (nSPS) is 12.0. The van der Waals surface area contributed by atoms with Gasteiger partial charge in [-0.15, -0.1) is 0 Å². The van der Waals surface area contributed by atoms with E-state index >= 15 is 0 Å². The lowest BCUT2D eigenvalue weighted by atomic mass is 10.1. The molecule has 0 spiro atoms. The summed E-state index contributed by atoms with van der Waals surface area (Å²) in [4.78, 5) is 14.2. The van der Waals surface area contributed by atoms with Gasteiger partial charge in [0.05, 0.1) is 13.7 Å². The number of likely N-dealkylation sites (N-methyl/N-ethyl adjacent to an activating group) is 1. The molecule has 4 nitrogen and oxygen atoms in total. The summed E-state index contributed by atoms with van der Waals surface area (Å²) < 4.78 is 5.40. The molecule has 2 aromatic rings. The first-order valence-corrected chi connectivity index (χ1v) is 7.71. The van der Waals surface area contributed by atoms with Crippen LogP contribution in [0.4, 0.5) is 5.69 Å². The van der Waals surface area contributed by atoms with Gasteiger partial charge in [0, 0.05) is 17.3 Å². The summed E-state index contributed by atoms with van der Waals surface area (Å²) in [6.07, 6.45) is 0. The predicted octanol–water partition coefficient (Wildman–Crippen LogP) is 3.64. The molecule has 4 heteroatoms. The zero-order chi connectivity index (χ0) is 16.8. The van der Waals surface area contributed by atoms with Crippen LogP contribution in [0.1, 0.15) is 24.1 Å². The fraction of sp³-hybridized carbons (Fsp3) is 0.316. The monoisotopic (exact) mass is 312 g/mol. The molecule has 0 saturated heterocycles. The lowest BCUT2D eigenvalue weighted by Gasteiger charge is -2.25. The Labute approximate surface area is 138 Å². The first-order valence-electron chi connectivity index (χ1n) is 7.71. The summed E-state index contributed by atoms with van der Waals surface area (Å²) in [6, 6.07) is 15.8. The Morgan fingerprint density at radius 1 is 1.22 bits per heavy atom. The van der Waals surface area contributed by atoms with E-state index in [2.05, 4.69) is 12.2 Å². The molecule has 0 aliphatic rings. The molecule has 0 aromatic heterocycles. The van der Waals surface area contributed by atoms with Gasteiger partial charge in [0.2, 0.25) is 5.91 Å². The molecule has 2 aromatic carbocycles. The van der Waals surface area contributed by atoms with Gasteiger partial charge in [-0.2, -0.15) is 0 Å². The molecular weight excluding hydrogens is 288 g/mol. The maximum atomic E-state index is 12.2. The number of para-hydroxylation sites is 1. The Balaban J connectivity index is 2.00. The van der Waals surface area contributed by atoms with Crippen molar-refractivity contribution >= 4 is 11.6 Å². The molecule has 1 N–H and O–H groups in total. The van der Waals surface area contributed by atoms with Crippen molar-refractivity contribution in [3.8, 4) is 5.75 Å². The maximum Gasteiger partial charge on any atom is 0.238 e. The van der Waals surface area contributed by atoms with Crippen LogP contribution in [0.3, 0.4) is 0 Å². The van der Waals surface area contributed by atoms with Gasteiger partial charge >= 0.3 is 0 Å². The second kappa shape index (κ2) is 7.79.